The predicted molar refractivity (Wildman–Crippen MR) is 86.9 cm³/mol. The maximum atomic E-state index is 13.7. The summed E-state index contributed by atoms with van der Waals surface area (Å²) in [5.41, 5.74) is 0.612. The van der Waals surface area contributed by atoms with E-state index in [1.807, 2.05) is 0 Å². The number of anilines is 1. The van der Waals surface area contributed by atoms with Crippen molar-refractivity contribution < 1.29 is 9.18 Å². The Hall–Kier alpha value is -2.54. The van der Waals surface area contributed by atoms with Crippen LogP contribution >= 0.6 is 11.3 Å². The van der Waals surface area contributed by atoms with Gasteiger partial charge in [0.15, 0.2) is 5.13 Å². The SMILES string of the molecule is C[C@H](C(=O)Nc1ncc(Cc2ccccc2F)s1)n1ccnc1. The Morgan fingerprint density at radius 3 is 3.00 bits per heavy atom. The van der Waals surface area contributed by atoms with E-state index in [1.165, 1.54) is 17.4 Å². The van der Waals surface area contributed by atoms with E-state index in [0.29, 0.717) is 17.1 Å². The van der Waals surface area contributed by atoms with Crippen LogP contribution in [0.4, 0.5) is 9.52 Å². The molecule has 0 spiro atoms. The molecular weight excluding hydrogens is 315 g/mol. The molecule has 0 bridgehead atoms. The van der Waals surface area contributed by atoms with Crippen molar-refractivity contribution >= 4 is 22.4 Å². The van der Waals surface area contributed by atoms with Gasteiger partial charge in [-0.2, -0.15) is 0 Å². The lowest BCUT2D eigenvalue weighted by Crippen LogP contribution is -2.22. The van der Waals surface area contributed by atoms with Gasteiger partial charge in [-0.3, -0.25) is 4.79 Å². The smallest absolute Gasteiger partial charge is 0.248 e. The van der Waals surface area contributed by atoms with Crippen LogP contribution in [-0.4, -0.2) is 20.4 Å². The molecule has 0 fully saturated rings. The number of hydrogen-bond donors (Lipinski definition) is 1. The molecular formula is C16H15FN4OS. The molecule has 23 heavy (non-hydrogen) atoms. The molecule has 1 amide bonds. The number of nitrogens with one attached hydrogen (secondary N) is 1. The van der Waals surface area contributed by atoms with Gasteiger partial charge in [0.05, 0.1) is 6.33 Å². The molecule has 0 saturated carbocycles. The highest BCUT2D eigenvalue weighted by molar-refractivity contribution is 7.15. The predicted octanol–water partition coefficient (Wildman–Crippen LogP) is 3.27. The van der Waals surface area contributed by atoms with Crippen LogP contribution in [0.3, 0.4) is 0 Å². The van der Waals surface area contributed by atoms with E-state index in [-0.39, 0.29) is 17.8 Å². The minimum Gasteiger partial charge on any atom is -0.325 e. The normalized spacial score (nSPS) is 12.1. The number of nitrogens with zero attached hydrogens (tertiary/aromatic N) is 3. The van der Waals surface area contributed by atoms with Crippen molar-refractivity contribution in [2.75, 3.05) is 5.32 Å². The summed E-state index contributed by atoms with van der Waals surface area (Å²) in [5.74, 6) is -0.407. The molecule has 0 saturated heterocycles. The van der Waals surface area contributed by atoms with Crippen molar-refractivity contribution in [3.8, 4) is 0 Å². The number of aromatic nitrogens is 3. The molecule has 118 valence electrons. The van der Waals surface area contributed by atoms with E-state index < -0.39 is 0 Å². The first-order valence-electron chi connectivity index (χ1n) is 7.10. The van der Waals surface area contributed by atoms with Gasteiger partial charge in [0.25, 0.3) is 0 Å². The summed E-state index contributed by atoms with van der Waals surface area (Å²) < 4.78 is 15.4. The van der Waals surface area contributed by atoms with Crippen molar-refractivity contribution in [1.29, 1.82) is 0 Å². The van der Waals surface area contributed by atoms with E-state index in [1.54, 1.807) is 54.6 Å². The molecule has 5 nitrogen and oxygen atoms in total. The minimum atomic E-state index is -0.378. The van der Waals surface area contributed by atoms with Crippen LogP contribution in [-0.2, 0) is 11.2 Å². The zero-order chi connectivity index (χ0) is 16.2. The van der Waals surface area contributed by atoms with Gasteiger partial charge < -0.3 is 9.88 Å². The van der Waals surface area contributed by atoms with Crippen LogP contribution in [0.25, 0.3) is 0 Å². The number of hydrogen-bond acceptors (Lipinski definition) is 4. The molecule has 2 heterocycles. The average Bonchev–Trinajstić information content (AvgIpc) is 3.21. The van der Waals surface area contributed by atoms with Gasteiger partial charge in [-0.1, -0.05) is 18.2 Å². The van der Waals surface area contributed by atoms with Crippen molar-refractivity contribution in [2.24, 2.45) is 0 Å². The summed E-state index contributed by atoms with van der Waals surface area (Å²) in [6, 6.07) is 6.26. The van der Waals surface area contributed by atoms with E-state index >= 15 is 0 Å². The number of benzene rings is 1. The third-order valence-electron chi connectivity index (χ3n) is 3.46. The summed E-state index contributed by atoms with van der Waals surface area (Å²) in [6.45, 7) is 1.78. The Balaban J connectivity index is 1.65. The van der Waals surface area contributed by atoms with E-state index in [2.05, 4.69) is 15.3 Å². The summed E-state index contributed by atoms with van der Waals surface area (Å²) in [6.07, 6.45) is 7.07. The van der Waals surface area contributed by atoms with E-state index in [4.69, 9.17) is 0 Å². The van der Waals surface area contributed by atoms with Crippen LogP contribution in [0.5, 0.6) is 0 Å². The molecule has 1 aromatic carbocycles. The van der Waals surface area contributed by atoms with Crippen LogP contribution in [0, 0.1) is 5.82 Å². The Bertz CT molecular complexity index is 800. The second-order valence-electron chi connectivity index (χ2n) is 5.08. The van der Waals surface area contributed by atoms with Gasteiger partial charge in [0, 0.05) is 29.9 Å². The average molecular weight is 330 g/mol. The second kappa shape index (κ2) is 6.70. The number of rotatable bonds is 5. The van der Waals surface area contributed by atoms with Crippen LogP contribution in [0.15, 0.2) is 49.2 Å². The number of carbonyl (C=O) groups excluding carboxylic acids is 1. The Kier molecular flexibility index (Phi) is 4.47. The summed E-state index contributed by atoms with van der Waals surface area (Å²) in [5, 5.41) is 3.28. The number of amides is 1. The molecule has 3 aromatic rings. The fraction of sp³-hybridized carbons (Fsp3) is 0.188. The first-order chi connectivity index (χ1) is 11.1. The lowest BCUT2D eigenvalue weighted by Gasteiger charge is -2.11. The molecule has 2 aromatic heterocycles. The molecule has 0 radical (unpaired) electrons. The maximum Gasteiger partial charge on any atom is 0.248 e. The third-order valence-corrected chi connectivity index (χ3v) is 4.37. The van der Waals surface area contributed by atoms with Gasteiger partial charge in [-0.05, 0) is 18.6 Å². The summed E-state index contributed by atoms with van der Waals surface area (Å²) in [4.78, 5) is 21.2. The number of halogens is 1. The van der Waals surface area contributed by atoms with Crippen LogP contribution in [0.1, 0.15) is 23.4 Å². The van der Waals surface area contributed by atoms with Crippen LogP contribution in [0.2, 0.25) is 0 Å². The summed E-state index contributed by atoms with van der Waals surface area (Å²) in [7, 11) is 0. The Morgan fingerprint density at radius 2 is 2.26 bits per heavy atom. The lowest BCUT2D eigenvalue weighted by molar-refractivity contribution is -0.118. The Morgan fingerprint density at radius 1 is 1.43 bits per heavy atom. The topological polar surface area (TPSA) is 59.8 Å². The lowest BCUT2D eigenvalue weighted by atomic mass is 10.1. The maximum absolute atomic E-state index is 13.7. The molecule has 3 rings (SSSR count). The molecule has 1 N–H and O–H groups in total. The summed E-state index contributed by atoms with van der Waals surface area (Å²) >= 11 is 1.34. The molecule has 0 aliphatic rings. The minimum absolute atomic E-state index is 0.171. The van der Waals surface area contributed by atoms with Crippen molar-refractivity contribution in [3.05, 3.63) is 65.4 Å². The first-order valence-corrected chi connectivity index (χ1v) is 7.91. The third kappa shape index (κ3) is 3.62. The largest absolute Gasteiger partial charge is 0.325 e. The van der Waals surface area contributed by atoms with Gasteiger partial charge in [-0.25, -0.2) is 14.4 Å². The van der Waals surface area contributed by atoms with Gasteiger partial charge in [-0.15, -0.1) is 11.3 Å². The fourth-order valence-electron chi connectivity index (χ4n) is 2.12. The van der Waals surface area contributed by atoms with Crippen molar-refractivity contribution in [2.45, 2.75) is 19.4 Å². The van der Waals surface area contributed by atoms with Gasteiger partial charge >= 0.3 is 0 Å². The van der Waals surface area contributed by atoms with Gasteiger partial charge in [0.2, 0.25) is 5.91 Å². The quantitative estimate of drug-likeness (QED) is 0.781. The molecule has 0 aliphatic carbocycles. The van der Waals surface area contributed by atoms with E-state index in [9.17, 15) is 9.18 Å². The number of thiazole rings is 1. The molecule has 0 unspecified atom stereocenters. The fourth-order valence-corrected chi connectivity index (χ4v) is 2.96. The Labute approximate surface area is 136 Å². The van der Waals surface area contributed by atoms with E-state index in [0.717, 1.165) is 4.88 Å². The highest BCUT2D eigenvalue weighted by Crippen LogP contribution is 2.23. The highest BCUT2D eigenvalue weighted by atomic mass is 32.1. The van der Waals surface area contributed by atoms with Crippen LogP contribution < -0.4 is 5.32 Å². The standard InChI is InChI=1S/C16H15FN4OS/c1-11(21-7-6-18-10-21)15(22)20-16-19-9-13(23-16)8-12-4-2-3-5-14(12)17/h2-7,9-11H,8H2,1H3,(H,19,20,22)/t11-/m1/s1. The van der Waals surface area contributed by atoms with Gasteiger partial charge in [0.1, 0.15) is 11.9 Å². The first kappa shape index (κ1) is 15.4. The second-order valence-corrected chi connectivity index (χ2v) is 6.19. The molecule has 7 heteroatoms. The molecule has 0 aliphatic heterocycles. The molecule has 1 atom stereocenters. The highest BCUT2D eigenvalue weighted by Gasteiger charge is 2.16. The van der Waals surface area contributed by atoms with Crippen molar-refractivity contribution in [1.82, 2.24) is 14.5 Å². The zero-order valence-corrected chi connectivity index (χ0v) is 13.3. The number of carbonyl (C=O) groups is 1. The number of imidazole rings is 1. The zero-order valence-electron chi connectivity index (χ0n) is 12.4. The monoisotopic (exact) mass is 330 g/mol. The van der Waals surface area contributed by atoms with Crippen molar-refractivity contribution in [3.63, 3.8) is 0 Å².